The standard InChI is InChI=1S/C26H34N6O2/c1-25(2)22(8-9-26(25,3)28-4)30-23-18(24(27)33)14-29-32-15-17(12-20(23)32)16-6-7-19-21(13-16)34-11-10-31(19)5/h6-7,12-15,22,28,30H,8-11H2,1-5H3,(H2,27,33)/t22-,26?/m1/s1. The molecule has 0 bridgehead atoms. The van der Waals surface area contributed by atoms with E-state index in [2.05, 4.69) is 72.7 Å². The highest BCUT2D eigenvalue weighted by Gasteiger charge is 2.51. The van der Waals surface area contributed by atoms with Crippen LogP contribution in [0.1, 0.15) is 44.0 Å². The van der Waals surface area contributed by atoms with E-state index in [1.54, 1.807) is 6.20 Å². The summed E-state index contributed by atoms with van der Waals surface area (Å²) in [5, 5.41) is 11.7. The number of primary amides is 1. The summed E-state index contributed by atoms with van der Waals surface area (Å²) < 4.78 is 7.72. The maximum absolute atomic E-state index is 12.4. The number of amides is 1. The quantitative estimate of drug-likeness (QED) is 0.537. The number of aromatic nitrogens is 2. The molecule has 2 aliphatic rings. The maximum atomic E-state index is 12.4. The number of carbonyl (C=O) groups is 1. The molecular formula is C26H34N6O2. The number of hydrogen-bond acceptors (Lipinski definition) is 6. The summed E-state index contributed by atoms with van der Waals surface area (Å²) in [6.45, 7) is 8.34. The third kappa shape index (κ3) is 3.39. The molecule has 3 aromatic rings. The number of rotatable bonds is 5. The van der Waals surface area contributed by atoms with Crippen LogP contribution in [0.25, 0.3) is 16.6 Å². The van der Waals surface area contributed by atoms with Crippen LogP contribution in [0.2, 0.25) is 0 Å². The minimum absolute atomic E-state index is 0.00961. The molecule has 1 saturated carbocycles. The fourth-order valence-corrected chi connectivity index (χ4v) is 5.47. The molecular weight excluding hydrogens is 428 g/mol. The summed E-state index contributed by atoms with van der Waals surface area (Å²) >= 11 is 0. The van der Waals surface area contributed by atoms with E-state index in [1.165, 1.54) is 0 Å². The summed E-state index contributed by atoms with van der Waals surface area (Å²) in [7, 11) is 4.09. The van der Waals surface area contributed by atoms with E-state index in [0.29, 0.717) is 12.2 Å². The molecule has 5 rings (SSSR count). The first-order valence-electron chi connectivity index (χ1n) is 11.9. The van der Waals surface area contributed by atoms with E-state index in [0.717, 1.165) is 53.2 Å². The number of likely N-dealkylation sites (N-methyl/N-ethyl adjacent to an activating group) is 1. The average Bonchev–Trinajstić information content (AvgIpc) is 3.34. The molecule has 3 heterocycles. The van der Waals surface area contributed by atoms with Crippen LogP contribution in [0.15, 0.2) is 36.7 Å². The van der Waals surface area contributed by atoms with Gasteiger partial charge in [-0.3, -0.25) is 4.79 Å². The van der Waals surface area contributed by atoms with Crippen molar-refractivity contribution in [3.8, 4) is 16.9 Å². The SMILES string of the molecule is CNC1(C)CC[C@@H](Nc2c(C(N)=O)cnn3cc(-c4ccc5c(c4)OCCN5C)cc23)C1(C)C. The van der Waals surface area contributed by atoms with E-state index < -0.39 is 5.91 Å². The van der Waals surface area contributed by atoms with Gasteiger partial charge in [0, 0.05) is 35.8 Å². The van der Waals surface area contributed by atoms with Crippen molar-refractivity contribution in [1.82, 2.24) is 14.9 Å². The van der Waals surface area contributed by atoms with Gasteiger partial charge in [-0.2, -0.15) is 5.10 Å². The number of fused-ring (bicyclic) bond motifs is 2. The lowest BCUT2D eigenvalue weighted by atomic mass is 9.74. The second-order valence-electron chi connectivity index (χ2n) is 10.3. The lowest BCUT2D eigenvalue weighted by Crippen LogP contribution is -2.53. The Labute approximate surface area is 200 Å². The van der Waals surface area contributed by atoms with Crippen molar-refractivity contribution in [1.29, 1.82) is 0 Å². The third-order valence-corrected chi connectivity index (χ3v) is 8.39. The maximum Gasteiger partial charge on any atom is 0.252 e. The van der Waals surface area contributed by atoms with E-state index in [-0.39, 0.29) is 17.0 Å². The fraction of sp³-hybridized carbons (Fsp3) is 0.462. The minimum Gasteiger partial charge on any atom is -0.490 e. The topological polar surface area (TPSA) is 96.9 Å². The lowest BCUT2D eigenvalue weighted by molar-refractivity contribution is 0.100. The van der Waals surface area contributed by atoms with E-state index in [9.17, 15) is 4.79 Å². The van der Waals surface area contributed by atoms with Crippen LogP contribution >= 0.6 is 0 Å². The molecule has 2 atom stereocenters. The van der Waals surface area contributed by atoms with Crippen molar-refractivity contribution >= 4 is 22.8 Å². The van der Waals surface area contributed by atoms with Crippen LogP contribution in [0, 0.1) is 5.41 Å². The van der Waals surface area contributed by atoms with Gasteiger partial charge in [0.25, 0.3) is 5.91 Å². The fourth-order valence-electron chi connectivity index (χ4n) is 5.47. The number of nitrogens with two attached hydrogens (primary N) is 1. The van der Waals surface area contributed by atoms with Crippen LogP contribution in [-0.2, 0) is 0 Å². The first-order valence-corrected chi connectivity index (χ1v) is 11.9. The average molecular weight is 463 g/mol. The van der Waals surface area contributed by atoms with Gasteiger partial charge in [0.1, 0.15) is 12.4 Å². The van der Waals surface area contributed by atoms with Gasteiger partial charge >= 0.3 is 0 Å². The van der Waals surface area contributed by atoms with Crippen molar-refractivity contribution in [2.75, 3.05) is 37.5 Å². The largest absolute Gasteiger partial charge is 0.490 e. The Morgan fingerprint density at radius 2 is 2.03 bits per heavy atom. The zero-order valence-electron chi connectivity index (χ0n) is 20.6. The molecule has 4 N–H and O–H groups in total. The van der Waals surface area contributed by atoms with E-state index in [1.807, 2.05) is 17.8 Å². The van der Waals surface area contributed by atoms with Crippen LogP contribution in [0.5, 0.6) is 5.75 Å². The monoisotopic (exact) mass is 462 g/mol. The number of benzene rings is 1. The first kappa shape index (κ1) is 22.5. The molecule has 8 nitrogen and oxygen atoms in total. The molecule has 1 amide bonds. The predicted octanol–water partition coefficient (Wildman–Crippen LogP) is 3.51. The Morgan fingerprint density at radius 1 is 1.24 bits per heavy atom. The second kappa shape index (κ2) is 7.91. The number of hydrogen-bond donors (Lipinski definition) is 3. The van der Waals surface area contributed by atoms with Gasteiger partial charge in [-0.05, 0) is 50.6 Å². The van der Waals surface area contributed by atoms with Gasteiger partial charge in [-0.15, -0.1) is 0 Å². The van der Waals surface area contributed by atoms with Gasteiger partial charge in [-0.25, -0.2) is 4.52 Å². The summed E-state index contributed by atoms with van der Waals surface area (Å²) in [5.74, 6) is 0.391. The molecule has 1 fully saturated rings. The molecule has 1 aliphatic heterocycles. The van der Waals surface area contributed by atoms with Gasteiger partial charge in [-0.1, -0.05) is 19.9 Å². The smallest absolute Gasteiger partial charge is 0.252 e. The normalized spacial score (nSPS) is 23.6. The van der Waals surface area contributed by atoms with Crippen molar-refractivity contribution in [2.24, 2.45) is 11.1 Å². The summed E-state index contributed by atoms with van der Waals surface area (Å²) in [6.07, 6.45) is 5.57. The van der Waals surface area contributed by atoms with Crippen molar-refractivity contribution in [3.05, 3.63) is 42.2 Å². The Kier molecular flexibility index (Phi) is 5.24. The summed E-state index contributed by atoms with van der Waals surface area (Å²) in [6, 6.07) is 8.49. The van der Waals surface area contributed by atoms with Gasteiger partial charge in [0.2, 0.25) is 0 Å². The van der Waals surface area contributed by atoms with Crippen LogP contribution in [-0.4, -0.2) is 54.3 Å². The highest BCUT2D eigenvalue weighted by atomic mass is 16.5. The zero-order valence-corrected chi connectivity index (χ0v) is 20.6. The Balaban J connectivity index is 1.57. The Hall–Kier alpha value is -3.26. The van der Waals surface area contributed by atoms with Crippen LogP contribution < -0.4 is 26.0 Å². The number of nitrogens with zero attached hydrogens (tertiary/aromatic N) is 3. The van der Waals surface area contributed by atoms with Crippen molar-refractivity contribution in [3.63, 3.8) is 0 Å². The number of nitrogens with one attached hydrogen (secondary N) is 2. The van der Waals surface area contributed by atoms with E-state index >= 15 is 0 Å². The molecule has 8 heteroatoms. The number of ether oxygens (including phenoxy) is 1. The summed E-state index contributed by atoms with van der Waals surface area (Å²) in [5.41, 5.74) is 10.8. The van der Waals surface area contributed by atoms with Crippen LogP contribution in [0.3, 0.4) is 0 Å². The molecule has 2 aromatic heterocycles. The predicted molar refractivity (Wildman–Crippen MR) is 136 cm³/mol. The molecule has 0 saturated heterocycles. The zero-order chi connectivity index (χ0) is 24.3. The van der Waals surface area contributed by atoms with E-state index in [4.69, 9.17) is 10.5 Å². The van der Waals surface area contributed by atoms with Crippen molar-refractivity contribution in [2.45, 2.75) is 45.2 Å². The van der Waals surface area contributed by atoms with Crippen LogP contribution in [0.4, 0.5) is 11.4 Å². The summed E-state index contributed by atoms with van der Waals surface area (Å²) in [4.78, 5) is 14.5. The lowest BCUT2D eigenvalue weighted by Gasteiger charge is -2.42. The first-order chi connectivity index (χ1) is 16.1. The van der Waals surface area contributed by atoms with Gasteiger partial charge in [0.15, 0.2) is 0 Å². The van der Waals surface area contributed by atoms with Crippen molar-refractivity contribution < 1.29 is 9.53 Å². The van der Waals surface area contributed by atoms with Gasteiger partial charge in [0.05, 0.1) is 35.2 Å². The highest BCUT2D eigenvalue weighted by Crippen LogP contribution is 2.47. The molecule has 1 unspecified atom stereocenters. The Morgan fingerprint density at radius 3 is 2.74 bits per heavy atom. The molecule has 180 valence electrons. The minimum atomic E-state index is -0.488. The second-order valence-corrected chi connectivity index (χ2v) is 10.3. The Bertz CT molecular complexity index is 1270. The number of anilines is 2. The number of carbonyl (C=O) groups excluding carboxylic acids is 1. The highest BCUT2D eigenvalue weighted by molar-refractivity contribution is 6.02. The molecule has 0 spiro atoms. The molecule has 34 heavy (non-hydrogen) atoms. The van der Waals surface area contributed by atoms with Gasteiger partial charge < -0.3 is 26.0 Å². The third-order valence-electron chi connectivity index (χ3n) is 8.39. The molecule has 1 aromatic carbocycles. The molecule has 0 radical (unpaired) electrons. The molecule has 1 aliphatic carbocycles.